The van der Waals surface area contributed by atoms with Gasteiger partial charge >= 0.3 is 0 Å². The van der Waals surface area contributed by atoms with E-state index >= 15 is 0 Å². The molecule has 1 aliphatic heterocycles. The molecule has 1 atom stereocenters. The summed E-state index contributed by atoms with van der Waals surface area (Å²) in [5, 5.41) is 13.1. The third kappa shape index (κ3) is 3.22. The van der Waals surface area contributed by atoms with E-state index in [1.54, 1.807) is 0 Å². The Bertz CT molecular complexity index is 410. The fourth-order valence-corrected chi connectivity index (χ4v) is 3.68. The van der Waals surface area contributed by atoms with Gasteiger partial charge in [0.25, 0.3) is 0 Å². The first kappa shape index (κ1) is 14.1. The molecule has 1 saturated heterocycles. The first-order chi connectivity index (χ1) is 9.86. The second kappa shape index (κ2) is 6.70. The number of likely N-dealkylation sites (tertiary alicyclic amines) is 1. The van der Waals surface area contributed by atoms with Crippen LogP contribution < -0.4 is 5.32 Å². The molecule has 110 valence electrons. The molecule has 0 spiro atoms. The van der Waals surface area contributed by atoms with E-state index in [4.69, 9.17) is 0 Å². The predicted molar refractivity (Wildman–Crippen MR) is 81.9 cm³/mol. The Morgan fingerprint density at radius 2 is 1.90 bits per heavy atom. The summed E-state index contributed by atoms with van der Waals surface area (Å²) in [5.74, 6) is 0. The van der Waals surface area contributed by atoms with Gasteiger partial charge in [-0.3, -0.25) is 4.90 Å². The molecule has 2 N–H and O–H groups in total. The van der Waals surface area contributed by atoms with Crippen molar-refractivity contribution in [3.63, 3.8) is 0 Å². The Kier molecular flexibility index (Phi) is 4.71. The summed E-state index contributed by atoms with van der Waals surface area (Å²) in [5.41, 5.74) is 3.02. The van der Waals surface area contributed by atoms with E-state index in [1.165, 1.54) is 36.8 Å². The summed E-state index contributed by atoms with van der Waals surface area (Å²) in [6.07, 6.45) is 6.04. The highest BCUT2D eigenvalue weighted by molar-refractivity contribution is 5.33. The molecule has 0 radical (unpaired) electrons. The van der Waals surface area contributed by atoms with Crippen molar-refractivity contribution in [2.75, 3.05) is 26.2 Å². The summed E-state index contributed by atoms with van der Waals surface area (Å²) in [6, 6.07) is 9.78. The monoisotopic (exact) mass is 274 g/mol. The molecule has 1 heterocycles. The lowest BCUT2D eigenvalue weighted by Gasteiger charge is -2.34. The molecule has 3 rings (SSSR count). The largest absolute Gasteiger partial charge is 0.395 e. The summed E-state index contributed by atoms with van der Waals surface area (Å²) in [4.78, 5) is 2.46. The maximum Gasteiger partial charge on any atom is 0.0586 e. The van der Waals surface area contributed by atoms with Gasteiger partial charge in [-0.05, 0) is 43.4 Å². The first-order valence-corrected chi connectivity index (χ1v) is 8.02. The van der Waals surface area contributed by atoms with Crippen LogP contribution in [-0.2, 0) is 12.8 Å². The molecule has 0 aromatic heterocycles. The maximum atomic E-state index is 9.43. The second-order valence-electron chi connectivity index (χ2n) is 6.20. The normalized spacial score (nSPS) is 23.9. The third-order valence-electron chi connectivity index (χ3n) is 4.84. The van der Waals surface area contributed by atoms with Crippen LogP contribution in [0.5, 0.6) is 0 Å². The van der Waals surface area contributed by atoms with E-state index in [0.717, 1.165) is 26.1 Å². The average molecular weight is 274 g/mol. The molecular weight excluding hydrogens is 248 g/mol. The molecule has 3 heteroatoms. The molecule has 1 aromatic rings. The van der Waals surface area contributed by atoms with Crippen molar-refractivity contribution in [2.45, 2.75) is 44.2 Å². The molecule has 3 nitrogen and oxygen atoms in total. The number of nitrogens with zero attached hydrogens (tertiary/aromatic N) is 1. The first-order valence-electron chi connectivity index (χ1n) is 8.02. The lowest BCUT2D eigenvalue weighted by molar-refractivity contribution is 0.0904. The molecule has 2 aliphatic rings. The SMILES string of the molecule is OCC1CCCCN1CCNC1Cc2ccccc2C1. The van der Waals surface area contributed by atoms with Crippen molar-refractivity contribution in [1.29, 1.82) is 0 Å². The number of nitrogens with one attached hydrogen (secondary N) is 1. The minimum Gasteiger partial charge on any atom is -0.395 e. The number of fused-ring (bicyclic) bond motifs is 1. The Labute approximate surface area is 122 Å². The molecule has 0 amide bonds. The quantitative estimate of drug-likeness (QED) is 0.856. The summed E-state index contributed by atoms with van der Waals surface area (Å²) < 4.78 is 0. The number of hydrogen-bond acceptors (Lipinski definition) is 3. The maximum absolute atomic E-state index is 9.43. The van der Waals surface area contributed by atoms with Gasteiger partial charge in [0, 0.05) is 25.2 Å². The van der Waals surface area contributed by atoms with E-state index in [1.807, 2.05) is 0 Å². The van der Waals surface area contributed by atoms with Gasteiger partial charge < -0.3 is 10.4 Å². The van der Waals surface area contributed by atoms with Gasteiger partial charge in [-0.25, -0.2) is 0 Å². The number of aliphatic hydroxyl groups is 1. The fourth-order valence-electron chi connectivity index (χ4n) is 3.68. The van der Waals surface area contributed by atoms with Gasteiger partial charge in [-0.2, -0.15) is 0 Å². The van der Waals surface area contributed by atoms with Crippen LogP contribution in [0, 0.1) is 0 Å². The van der Waals surface area contributed by atoms with Crippen molar-refractivity contribution >= 4 is 0 Å². The van der Waals surface area contributed by atoms with E-state index in [9.17, 15) is 5.11 Å². The molecule has 1 unspecified atom stereocenters. The zero-order chi connectivity index (χ0) is 13.8. The number of hydrogen-bond donors (Lipinski definition) is 2. The second-order valence-corrected chi connectivity index (χ2v) is 6.20. The number of rotatable bonds is 5. The van der Waals surface area contributed by atoms with Crippen molar-refractivity contribution < 1.29 is 5.11 Å². The zero-order valence-corrected chi connectivity index (χ0v) is 12.2. The van der Waals surface area contributed by atoms with Crippen LogP contribution in [-0.4, -0.2) is 48.3 Å². The molecule has 1 aliphatic carbocycles. The number of aliphatic hydroxyl groups excluding tert-OH is 1. The minimum atomic E-state index is 0.314. The summed E-state index contributed by atoms with van der Waals surface area (Å²) >= 11 is 0. The molecular formula is C17H26N2O. The van der Waals surface area contributed by atoms with Crippen LogP contribution in [0.25, 0.3) is 0 Å². The fraction of sp³-hybridized carbons (Fsp3) is 0.647. The van der Waals surface area contributed by atoms with Gasteiger partial charge in [0.1, 0.15) is 0 Å². The summed E-state index contributed by atoms with van der Waals surface area (Å²) in [6.45, 7) is 3.57. The smallest absolute Gasteiger partial charge is 0.0586 e. The van der Waals surface area contributed by atoms with Crippen molar-refractivity contribution in [3.8, 4) is 0 Å². The van der Waals surface area contributed by atoms with Crippen LogP contribution in [0.1, 0.15) is 30.4 Å². The van der Waals surface area contributed by atoms with Crippen molar-refractivity contribution in [1.82, 2.24) is 10.2 Å². The lowest BCUT2D eigenvalue weighted by Crippen LogP contribution is -2.46. The van der Waals surface area contributed by atoms with E-state index in [-0.39, 0.29) is 0 Å². The average Bonchev–Trinajstić information content (AvgIpc) is 2.90. The molecule has 20 heavy (non-hydrogen) atoms. The standard InChI is InChI=1S/C17H26N2O/c20-13-17-7-3-4-9-19(17)10-8-18-16-11-14-5-1-2-6-15(14)12-16/h1-2,5-6,16-18,20H,3-4,7-13H2. The van der Waals surface area contributed by atoms with Crippen LogP contribution in [0.2, 0.25) is 0 Å². The minimum absolute atomic E-state index is 0.314. The Balaban J connectivity index is 1.43. The molecule has 1 aromatic carbocycles. The third-order valence-corrected chi connectivity index (χ3v) is 4.84. The Morgan fingerprint density at radius 1 is 1.15 bits per heavy atom. The van der Waals surface area contributed by atoms with Gasteiger partial charge in [-0.1, -0.05) is 30.7 Å². The topological polar surface area (TPSA) is 35.5 Å². The van der Waals surface area contributed by atoms with Gasteiger partial charge in [0.05, 0.1) is 6.61 Å². The van der Waals surface area contributed by atoms with Crippen LogP contribution >= 0.6 is 0 Å². The Hall–Kier alpha value is -0.900. The van der Waals surface area contributed by atoms with Crippen molar-refractivity contribution in [3.05, 3.63) is 35.4 Å². The van der Waals surface area contributed by atoms with Gasteiger partial charge in [-0.15, -0.1) is 0 Å². The van der Waals surface area contributed by atoms with Crippen LogP contribution in [0.4, 0.5) is 0 Å². The highest BCUT2D eigenvalue weighted by Gasteiger charge is 2.23. The summed E-state index contributed by atoms with van der Waals surface area (Å²) in [7, 11) is 0. The van der Waals surface area contributed by atoms with Crippen LogP contribution in [0.3, 0.4) is 0 Å². The van der Waals surface area contributed by atoms with Crippen molar-refractivity contribution in [2.24, 2.45) is 0 Å². The number of benzene rings is 1. The van der Waals surface area contributed by atoms with Gasteiger partial charge in [0.15, 0.2) is 0 Å². The molecule has 0 bridgehead atoms. The molecule has 0 saturated carbocycles. The highest BCUT2D eigenvalue weighted by Crippen LogP contribution is 2.21. The number of piperidine rings is 1. The van der Waals surface area contributed by atoms with Crippen LogP contribution in [0.15, 0.2) is 24.3 Å². The molecule has 1 fully saturated rings. The Morgan fingerprint density at radius 3 is 2.60 bits per heavy atom. The van der Waals surface area contributed by atoms with E-state index in [0.29, 0.717) is 18.7 Å². The lowest BCUT2D eigenvalue weighted by atomic mass is 10.0. The highest BCUT2D eigenvalue weighted by atomic mass is 16.3. The predicted octanol–water partition coefficient (Wildman–Crippen LogP) is 1.59. The van der Waals surface area contributed by atoms with E-state index in [2.05, 4.69) is 34.5 Å². The zero-order valence-electron chi connectivity index (χ0n) is 12.2. The van der Waals surface area contributed by atoms with E-state index < -0.39 is 0 Å². The van der Waals surface area contributed by atoms with Gasteiger partial charge in [0.2, 0.25) is 0 Å².